The fourth-order valence-electron chi connectivity index (χ4n) is 4.45. The molecule has 0 saturated heterocycles. The largest absolute Gasteiger partial charge is 0.444 e. The second-order valence-electron chi connectivity index (χ2n) is 10.8. The fraction of sp³-hybridized carbons (Fsp3) is 0.226. The van der Waals surface area contributed by atoms with Crippen LogP contribution in [0.1, 0.15) is 38.7 Å². The van der Waals surface area contributed by atoms with E-state index in [2.05, 4.69) is 27.0 Å². The van der Waals surface area contributed by atoms with Gasteiger partial charge in [0.05, 0.1) is 33.8 Å². The molecule has 3 amide bonds. The summed E-state index contributed by atoms with van der Waals surface area (Å²) in [6.07, 6.45) is 3.01. The Morgan fingerprint density at radius 2 is 1.98 bits per heavy atom. The van der Waals surface area contributed by atoms with Crippen LogP contribution in [0.2, 0.25) is 0 Å². The van der Waals surface area contributed by atoms with Crippen LogP contribution in [0, 0.1) is 11.3 Å². The summed E-state index contributed by atoms with van der Waals surface area (Å²) in [4.78, 5) is 41.1. The molecule has 0 radical (unpaired) electrons. The molecule has 2 aromatic carbocycles. The number of hydrogen-bond acceptors (Lipinski definition) is 9. The number of hydrogen-bond donors (Lipinski definition) is 3. The molecule has 2 aromatic heterocycles. The summed E-state index contributed by atoms with van der Waals surface area (Å²) in [5.74, 6) is -0.968. The van der Waals surface area contributed by atoms with E-state index in [0.717, 1.165) is 34.3 Å². The van der Waals surface area contributed by atoms with Crippen molar-refractivity contribution in [1.29, 1.82) is 5.26 Å². The van der Waals surface area contributed by atoms with Gasteiger partial charge >= 0.3 is 6.09 Å². The Bertz CT molecular complexity index is 1750. The molecule has 224 valence electrons. The molecule has 1 atom stereocenters. The van der Waals surface area contributed by atoms with E-state index in [0.29, 0.717) is 21.4 Å². The van der Waals surface area contributed by atoms with Crippen molar-refractivity contribution in [2.75, 3.05) is 16.4 Å². The smallest absolute Gasteiger partial charge is 0.412 e. The molecule has 5 rings (SSSR count). The minimum atomic E-state index is -0.592. The van der Waals surface area contributed by atoms with Crippen LogP contribution < -0.4 is 16.0 Å². The van der Waals surface area contributed by atoms with Crippen molar-refractivity contribution in [3.05, 3.63) is 88.5 Å². The Morgan fingerprint density at radius 1 is 1.18 bits per heavy atom. The molecule has 0 saturated carbocycles. The molecule has 11 nitrogen and oxygen atoms in total. The van der Waals surface area contributed by atoms with E-state index in [9.17, 15) is 19.6 Å². The van der Waals surface area contributed by atoms with Gasteiger partial charge in [-0.25, -0.2) is 14.5 Å². The molecule has 1 unspecified atom stereocenters. The number of carbonyl (C=O) groups is 3. The summed E-state index contributed by atoms with van der Waals surface area (Å²) in [5.41, 5.74) is 3.54. The molecule has 44 heavy (non-hydrogen) atoms. The van der Waals surface area contributed by atoms with E-state index in [4.69, 9.17) is 9.84 Å². The number of anilines is 2. The molecular formula is C31H29N7O4S2. The SMILES string of the molecule is CC(C)(C)OC(=O)Nc1ccc(-c2ccn(-c3cccc(C4CC(=O)NC(SCC(=O)Nc5nccs5)=C4C#N)c3)n2)cc1. The first-order valence-corrected chi connectivity index (χ1v) is 15.5. The van der Waals surface area contributed by atoms with Crippen LogP contribution in [0.4, 0.5) is 15.6 Å². The van der Waals surface area contributed by atoms with E-state index in [1.54, 1.807) is 49.2 Å². The first kappa shape index (κ1) is 30.5. The lowest BCUT2D eigenvalue weighted by Crippen LogP contribution is -2.31. The molecule has 13 heteroatoms. The second-order valence-corrected chi connectivity index (χ2v) is 12.7. The van der Waals surface area contributed by atoms with Gasteiger partial charge in [0.1, 0.15) is 5.60 Å². The molecule has 3 heterocycles. The average molecular weight is 628 g/mol. The number of thioether (sulfide) groups is 1. The van der Waals surface area contributed by atoms with Gasteiger partial charge in [-0.1, -0.05) is 36.0 Å². The van der Waals surface area contributed by atoms with E-state index >= 15 is 0 Å². The van der Waals surface area contributed by atoms with Crippen LogP contribution in [0.25, 0.3) is 16.9 Å². The maximum absolute atomic E-state index is 12.7. The van der Waals surface area contributed by atoms with Gasteiger partial charge < -0.3 is 15.4 Å². The third-order valence-corrected chi connectivity index (χ3v) is 8.04. The molecule has 0 bridgehead atoms. The third-order valence-electron chi connectivity index (χ3n) is 6.33. The van der Waals surface area contributed by atoms with Crippen molar-refractivity contribution in [1.82, 2.24) is 20.1 Å². The zero-order valence-corrected chi connectivity index (χ0v) is 25.8. The van der Waals surface area contributed by atoms with Crippen molar-refractivity contribution in [2.24, 2.45) is 0 Å². The molecule has 1 aliphatic heterocycles. The summed E-state index contributed by atoms with van der Waals surface area (Å²) >= 11 is 2.42. The Balaban J connectivity index is 1.30. The monoisotopic (exact) mass is 627 g/mol. The Kier molecular flexibility index (Phi) is 9.12. The first-order chi connectivity index (χ1) is 21.1. The van der Waals surface area contributed by atoms with Crippen molar-refractivity contribution >= 4 is 51.8 Å². The highest BCUT2D eigenvalue weighted by molar-refractivity contribution is 8.03. The molecule has 1 aliphatic rings. The molecule has 0 fully saturated rings. The van der Waals surface area contributed by atoms with Gasteiger partial charge in [0.2, 0.25) is 11.8 Å². The van der Waals surface area contributed by atoms with Gasteiger partial charge in [-0.15, -0.1) is 11.3 Å². The first-order valence-electron chi connectivity index (χ1n) is 13.6. The van der Waals surface area contributed by atoms with E-state index in [1.807, 2.05) is 48.7 Å². The van der Waals surface area contributed by atoms with Gasteiger partial charge in [-0.2, -0.15) is 10.4 Å². The summed E-state index contributed by atoms with van der Waals surface area (Å²) in [6, 6.07) is 18.9. The number of nitrogens with zero attached hydrogens (tertiary/aromatic N) is 4. The Hall–Kier alpha value is -4.93. The summed E-state index contributed by atoms with van der Waals surface area (Å²) in [7, 11) is 0. The maximum Gasteiger partial charge on any atom is 0.412 e. The number of benzene rings is 2. The lowest BCUT2D eigenvalue weighted by Gasteiger charge is -2.25. The zero-order chi connectivity index (χ0) is 31.3. The van der Waals surface area contributed by atoms with Crippen molar-refractivity contribution in [3.63, 3.8) is 0 Å². The van der Waals surface area contributed by atoms with Gasteiger partial charge in [0.15, 0.2) is 5.13 Å². The predicted molar refractivity (Wildman–Crippen MR) is 170 cm³/mol. The second kappa shape index (κ2) is 13.2. The zero-order valence-electron chi connectivity index (χ0n) is 24.2. The number of allylic oxidation sites excluding steroid dienone is 1. The quantitative estimate of drug-likeness (QED) is 0.214. The van der Waals surface area contributed by atoms with Crippen LogP contribution in [0.3, 0.4) is 0 Å². The summed E-state index contributed by atoms with van der Waals surface area (Å²) in [6.45, 7) is 5.41. The van der Waals surface area contributed by atoms with Crippen LogP contribution >= 0.6 is 23.1 Å². The fourth-order valence-corrected chi connectivity index (χ4v) is 5.87. The molecule has 3 N–H and O–H groups in total. The van der Waals surface area contributed by atoms with Gasteiger partial charge in [-0.05, 0) is 56.7 Å². The highest BCUT2D eigenvalue weighted by Gasteiger charge is 2.30. The molecule has 4 aromatic rings. The van der Waals surface area contributed by atoms with E-state index < -0.39 is 17.6 Å². The minimum Gasteiger partial charge on any atom is -0.444 e. The standard InChI is InChI=1S/C31H29N7O4S2/c1-31(2,3)42-30(41)34-21-9-7-19(8-10-21)25-11-13-38(37-25)22-6-4-5-20(15-22)23-16-26(39)35-28(24(23)17-32)44-18-27(40)36-29-33-12-14-43-29/h4-15,23H,16,18H2,1-3H3,(H,34,41)(H,35,39)(H,33,36,40). The molecular weight excluding hydrogens is 599 g/mol. The number of carbonyl (C=O) groups excluding carboxylic acids is 3. The highest BCUT2D eigenvalue weighted by atomic mass is 32.2. The lowest BCUT2D eigenvalue weighted by molar-refractivity contribution is -0.121. The number of nitrogens with one attached hydrogen (secondary N) is 3. The molecule has 0 aliphatic carbocycles. The molecule has 0 spiro atoms. The third kappa shape index (κ3) is 7.71. The van der Waals surface area contributed by atoms with Crippen molar-refractivity contribution < 1.29 is 19.1 Å². The Morgan fingerprint density at radius 3 is 2.68 bits per heavy atom. The van der Waals surface area contributed by atoms with Crippen molar-refractivity contribution in [3.8, 4) is 23.0 Å². The van der Waals surface area contributed by atoms with E-state index in [1.165, 1.54) is 11.3 Å². The number of aromatic nitrogens is 3. The van der Waals surface area contributed by atoms with Gasteiger partial charge in [0, 0.05) is 41.4 Å². The number of amides is 3. The minimum absolute atomic E-state index is 0.0151. The van der Waals surface area contributed by atoms with Crippen LogP contribution in [0.5, 0.6) is 0 Å². The summed E-state index contributed by atoms with van der Waals surface area (Å²) in [5, 5.41) is 25.6. The number of ether oxygens (including phenoxy) is 1. The maximum atomic E-state index is 12.7. The highest BCUT2D eigenvalue weighted by Crippen LogP contribution is 2.36. The van der Waals surface area contributed by atoms with Crippen LogP contribution in [0.15, 0.2) is 83.0 Å². The average Bonchev–Trinajstić information content (AvgIpc) is 3.68. The van der Waals surface area contributed by atoms with Crippen molar-refractivity contribution in [2.45, 2.75) is 38.7 Å². The Labute approximate surface area is 262 Å². The number of nitriles is 1. The predicted octanol–water partition coefficient (Wildman–Crippen LogP) is 6.05. The normalized spacial score (nSPS) is 14.9. The lowest BCUT2D eigenvalue weighted by atomic mass is 9.87. The topological polar surface area (TPSA) is 151 Å². The van der Waals surface area contributed by atoms with Crippen LogP contribution in [-0.2, 0) is 14.3 Å². The summed E-state index contributed by atoms with van der Waals surface area (Å²) < 4.78 is 7.02. The number of rotatable bonds is 8. The van der Waals surface area contributed by atoms with E-state index in [-0.39, 0.29) is 24.0 Å². The number of thiazole rings is 1. The van der Waals surface area contributed by atoms with Gasteiger partial charge in [-0.3, -0.25) is 14.9 Å². The van der Waals surface area contributed by atoms with Crippen LogP contribution in [-0.4, -0.2) is 44.0 Å². The van der Waals surface area contributed by atoms with Gasteiger partial charge in [0.25, 0.3) is 0 Å².